The number of ether oxygens (including phenoxy) is 2. The monoisotopic (exact) mass is 346 g/mol. The lowest BCUT2D eigenvalue weighted by Gasteiger charge is -2.36. The van der Waals surface area contributed by atoms with E-state index in [1.807, 2.05) is 43.0 Å². The van der Waals surface area contributed by atoms with E-state index in [1.54, 1.807) is 6.08 Å². The van der Waals surface area contributed by atoms with Gasteiger partial charge in [0.05, 0.1) is 18.7 Å². The van der Waals surface area contributed by atoms with Crippen molar-refractivity contribution in [1.82, 2.24) is 10.2 Å². The van der Waals surface area contributed by atoms with Gasteiger partial charge in [0.15, 0.2) is 5.11 Å². The molecule has 0 fully saturated rings. The van der Waals surface area contributed by atoms with E-state index >= 15 is 0 Å². The highest BCUT2D eigenvalue weighted by Gasteiger charge is 2.34. The second kappa shape index (κ2) is 7.97. The Labute approximate surface area is 147 Å². The zero-order chi connectivity index (χ0) is 17.7. The number of nitrogens with one attached hydrogen (secondary N) is 1. The summed E-state index contributed by atoms with van der Waals surface area (Å²) in [6.07, 6.45) is 1.68. The van der Waals surface area contributed by atoms with Crippen molar-refractivity contribution < 1.29 is 14.3 Å². The zero-order valence-electron chi connectivity index (χ0n) is 14.2. The van der Waals surface area contributed by atoms with Gasteiger partial charge in [-0.2, -0.15) is 0 Å². The number of benzene rings is 1. The zero-order valence-corrected chi connectivity index (χ0v) is 15.0. The van der Waals surface area contributed by atoms with E-state index in [0.717, 1.165) is 11.3 Å². The van der Waals surface area contributed by atoms with E-state index in [4.69, 9.17) is 21.7 Å². The van der Waals surface area contributed by atoms with Gasteiger partial charge in [-0.3, -0.25) is 0 Å². The van der Waals surface area contributed by atoms with Crippen LogP contribution in [-0.4, -0.2) is 36.2 Å². The molecular formula is C18H22N2O3S. The largest absolute Gasteiger partial charge is 0.490 e. The summed E-state index contributed by atoms with van der Waals surface area (Å²) in [5.41, 5.74) is 2.23. The molecule has 1 N–H and O–H groups in total. The summed E-state index contributed by atoms with van der Waals surface area (Å²) in [7, 11) is 1.38. The number of methoxy groups -OCH3 is 1. The summed E-state index contributed by atoms with van der Waals surface area (Å²) in [5.74, 6) is 0.336. The standard InChI is InChI=1S/C18H22N2O3S/c1-5-10-23-14-9-7-8-13(11-14)16-15(17(21)22-4)12(3)20(6-2)18(24)19-16/h5,7-9,11,16H,1,6,10H2,2-4H3,(H,19,24)/t16-/m0/s1. The fourth-order valence-corrected chi connectivity index (χ4v) is 3.11. The smallest absolute Gasteiger partial charge is 0.337 e. The predicted octanol–water partition coefficient (Wildman–Crippen LogP) is 2.95. The van der Waals surface area contributed by atoms with Gasteiger partial charge in [0, 0.05) is 12.2 Å². The van der Waals surface area contributed by atoms with Crippen LogP contribution in [0.25, 0.3) is 0 Å². The van der Waals surface area contributed by atoms with Crippen molar-refractivity contribution in [3.8, 4) is 5.75 Å². The number of hydrogen-bond acceptors (Lipinski definition) is 4. The average Bonchev–Trinajstić information content (AvgIpc) is 2.59. The molecule has 0 saturated carbocycles. The van der Waals surface area contributed by atoms with Crippen molar-refractivity contribution in [2.45, 2.75) is 19.9 Å². The lowest BCUT2D eigenvalue weighted by molar-refractivity contribution is -0.136. The molecule has 0 bridgehead atoms. The van der Waals surface area contributed by atoms with E-state index in [9.17, 15) is 4.79 Å². The van der Waals surface area contributed by atoms with E-state index in [1.165, 1.54) is 7.11 Å². The highest BCUT2D eigenvalue weighted by atomic mass is 32.1. The molecule has 5 nitrogen and oxygen atoms in total. The summed E-state index contributed by atoms with van der Waals surface area (Å²) in [6.45, 7) is 8.60. The van der Waals surface area contributed by atoms with Gasteiger partial charge in [-0.15, -0.1) is 0 Å². The van der Waals surface area contributed by atoms with E-state index < -0.39 is 0 Å². The molecule has 0 unspecified atom stereocenters. The highest BCUT2D eigenvalue weighted by Crippen LogP contribution is 2.32. The maximum atomic E-state index is 12.4. The molecule has 1 heterocycles. The Hall–Kier alpha value is -2.34. The van der Waals surface area contributed by atoms with E-state index in [0.29, 0.717) is 29.6 Å². The van der Waals surface area contributed by atoms with Crippen molar-refractivity contribution in [2.75, 3.05) is 20.3 Å². The normalized spacial score (nSPS) is 17.4. The Kier molecular flexibility index (Phi) is 5.98. The van der Waals surface area contributed by atoms with Gasteiger partial charge in [-0.1, -0.05) is 24.8 Å². The number of esters is 1. The first kappa shape index (κ1) is 18.0. The molecule has 6 heteroatoms. The summed E-state index contributed by atoms with van der Waals surface area (Å²) < 4.78 is 10.6. The van der Waals surface area contributed by atoms with Crippen molar-refractivity contribution in [1.29, 1.82) is 0 Å². The number of thiocarbonyl (C=S) groups is 1. The molecule has 0 saturated heterocycles. The van der Waals surface area contributed by atoms with Crippen molar-refractivity contribution in [3.63, 3.8) is 0 Å². The first-order valence-electron chi connectivity index (χ1n) is 7.74. The molecule has 128 valence electrons. The van der Waals surface area contributed by atoms with Crippen LogP contribution in [0.15, 0.2) is 48.2 Å². The lowest BCUT2D eigenvalue weighted by Crippen LogP contribution is -2.47. The SMILES string of the molecule is C=CCOc1cccc([C@@H]2NC(=S)N(CC)C(C)=C2C(=O)OC)c1. The molecule has 24 heavy (non-hydrogen) atoms. The Morgan fingerprint density at radius 2 is 2.25 bits per heavy atom. The van der Waals surface area contributed by atoms with Gasteiger partial charge in [-0.05, 0) is 43.8 Å². The van der Waals surface area contributed by atoms with Gasteiger partial charge in [-0.25, -0.2) is 4.79 Å². The second-order valence-corrected chi connectivity index (χ2v) is 5.68. The Morgan fingerprint density at radius 3 is 2.88 bits per heavy atom. The van der Waals surface area contributed by atoms with Crippen LogP contribution in [0.2, 0.25) is 0 Å². The van der Waals surface area contributed by atoms with Crippen LogP contribution < -0.4 is 10.1 Å². The van der Waals surface area contributed by atoms with Crippen LogP contribution in [-0.2, 0) is 9.53 Å². The van der Waals surface area contributed by atoms with Crippen LogP contribution >= 0.6 is 12.2 Å². The average molecular weight is 346 g/mol. The summed E-state index contributed by atoms with van der Waals surface area (Å²) in [5, 5.41) is 3.82. The fraction of sp³-hybridized carbons (Fsp3) is 0.333. The molecule has 1 aromatic carbocycles. The minimum Gasteiger partial charge on any atom is -0.490 e. The van der Waals surface area contributed by atoms with Crippen molar-refractivity contribution >= 4 is 23.3 Å². The molecule has 1 atom stereocenters. The first-order valence-corrected chi connectivity index (χ1v) is 8.15. The minimum atomic E-state index is -0.375. The summed E-state index contributed by atoms with van der Waals surface area (Å²) >= 11 is 5.44. The van der Waals surface area contributed by atoms with Crippen LogP contribution in [0.5, 0.6) is 5.75 Å². The Morgan fingerprint density at radius 1 is 1.50 bits per heavy atom. The third-order valence-electron chi connectivity index (χ3n) is 3.88. The van der Waals surface area contributed by atoms with Gasteiger partial charge < -0.3 is 19.7 Å². The molecule has 0 aliphatic carbocycles. The summed E-state index contributed by atoms with van der Waals surface area (Å²) in [4.78, 5) is 14.2. The van der Waals surface area contributed by atoms with Crippen LogP contribution in [0.1, 0.15) is 25.5 Å². The molecule has 0 spiro atoms. The predicted molar refractivity (Wildman–Crippen MR) is 97.7 cm³/mol. The number of carbonyl (C=O) groups excluding carboxylic acids is 1. The van der Waals surface area contributed by atoms with Crippen molar-refractivity contribution in [2.24, 2.45) is 0 Å². The van der Waals surface area contributed by atoms with Gasteiger partial charge in [0.25, 0.3) is 0 Å². The third-order valence-corrected chi connectivity index (χ3v) is 4.22. The molecule has 1 aliphatic rings. The molecule has 1 aliphatic heterocycles. The van der Waals surface area contributed by atoms with Gasteiger partial charge in [0.1, 0.15) is 12.4 Å². The quantitative estimate of drug-likeness (QED) is 0.486. The molecule has 0 radical (unpaired) electrons. The van der Waals surface area contributed by atoms with Crippen LogP contribution in [0, 0.1) is 0 Å². The number of allylic oxidation sites excluding steroid dienone is 1. The molecule has 2 rings (SSSR count). The van der Waals surface area contributed by atoms with Crippen LogP contribution in [0.4, 0.5) is 0 Å². The first-order chi connectivity index (χ1) is 11.5. The highest BCUT2D eigenvalue weighted by molar-refractivity contribution is 7.80. The van der Waals surface area contributed by atoms with Gasteiger partial charge in [0.2, 0.25) is 0 Å². The molecule has 1 aromatic rings. The third kappa shape index (κ3) is 3.59. The topological polar surface area (TPSA) is 50.8 Å². The van der Waals surface area contributed by atoms with E-state index in [-0.39, 0.29) is 12.0 Å². The number of nitrogens with zero attached hydrogens (tertiary/aromatic N) is 1. The number of carbonyl (C=O) groups is 1. The van der Waals surface area contributed by atoms with Crippen molar-refractivity contribution in [3.05, 3.63) is 53.8 Å². The Balaban J connectivity index is 2.47. The van der Waals surface area contributed by atoms with Crippen LogP contribution in [0.3, 0.4) is 0 Å². The Bertz CT molecular complexity index is 685. The summed E-state index contributed by atoms with van der Waals surface area (Å²) in [6, 6.07) is 7.19. The van der Waals surface area contributed by atoms with Gasteiger partial charge >= 0.3 is 5.97 Å². The maximum Gasteiger partial charge on any atom is 0.337 e. The number of hydrogen-bond donors (Lipinski definition) is 1. The molecule has 0 aromatic heterocycles. The maximum absolute atomic E-state index is 12.4. The lowest BCUT2D eigenvalue weighted by atomic mass is 9.95. The van der Waals surface area contributed by atoms with E-state index in [2.05, 4.69) is 11.9 Å². The molecular weight excluding hydrogens is 324 g/mol. The second-order valence-electron chi connectivity index (χ2n) is 5.29. The fourth-order valence-electron chi connectivity index (χ4n) is 2.73. The minimum absolute atomic E-state index is 0.372. The number of rotatable bonds is 6. The molecule has 0 amide bonds.